The zero-order chi connectivity index (χ0) is 25.0. The molecule has 0 spiro atoms. The zero-order valence-corrected chi connectivity index (χ0v) is 19.6. The van der Waals surface area contributed by atoms with Crippen molar-refractivity contribution in [3.8, 4) is 17.0 Å². The number of hydrogen-bond donors (Lipinski definition) is 1. The van der Waals surface area contributed by atoms with E-state index in [1.165, 1.54) is 13.0 Å². The number of benzene rings is 2. The number of rotatable bonds is 9. The van der Waals surface area contributed by atoms with Gasteiger partial charge in [-0.1, -0.05) is 43.0 Å². The van der Waals surface area contributed by atoms with Crippen LogP contribution in [-0.4, -0.2) is 34.0 Å². The molecule has 0 atom stereocenters. The van der Waals surface area contributed by atoms with Crippen LogP contribution in [0.5, 0.6) is 5.75 Å². The van der Waals surface area contributed by atoms with Gasteiger partial charge in [-0.15, -0.1) is 0 Å². The van der Waals surface area contributed by atoms with E-state index >= 15 is 8.78 Å². The minimum Gasteiger partial charge on any atom is -0.489 e. The monoisotopic (exact) mass is 478 g/mol. The number of carboxylic acids is 1. The second kappa shape index (κ2) is 10.4. The lowest BCUT2D eigenvalue weighted by Crippen LogP contribution is -2.32. The van der Waals surface area contributed by atoms with Crippen LogP contribution in [0.2, 0.25) is 0 Å². The van der Waals surface area contributed by atoms with Crippen LogP contribution < -0.4 is 4.74 Å². The summed E-state index contributed by atoms with van der Waals surface area (Å²) in [5.74, 6) is -3.74. The van der Waals surface area contributed by atoms with Crippen LogP contribution >= 0.6 is 0 Å². The molecular formula is C28H28F2N2O3. The first-order valence-corrected chi connectivity index (χ1v) is 11.5. The average Bonchev–Trinajstić information content (AvgIpc) is 2.86. The summed E-state index contributed by atoms with van der Waals surface area (Å²) in [5, 5.41) is 8.93. The molecule has 182 valence electrons. The second-order valence-corrected chi connectivity index (χ2v) is 8.81. The number of hydrogen-bond acceptors (Lipinski definition) is 4. The zero-order valence-electron chi connectivity index (χ0n) is 19.6. The summed E-state index contributed by atoms with van der Waals surface area (Å²) in [6.07, 6.45) is 0.714. The van der Waals surface area contributed by atoms with Crippen molar-refractivity contribution in [1.29, 1.82) is 0 Å². The number of aromatic nitrogens is 1. The van der Waals surface area contributed by atoms with Gasteiger partial charge in [0.2, 0.25) is 0 Å². The van der Waals surface area contributed by atoms with E-state index in [4.69, 9.17) is 14.8 Å². The molecule has 4 rings (SSSR count). The molecule has 0 aliphatic carbocycles. The Morgan fingerprint density at radius 2 is 1.94 bits per heavy atom. The third-order valence-electron chi connectivity index (χ3n) is 6.16. The molecule has 1 aromatic heterocycles. The fourth-order valence-corrected chi connectivity index (χ4v) is 4.14. The van der Waals surface area contributed by atoms with E-state index in [9.17, 15) is 4.79 Å². The van der Waals surface area contributed by atoms with Crippen LogP contribution in [0.25, 0.3) is 11.3 Å². The number of aliphatic carboxylic acids is 1. The first-order chi connectivity index (χ1) is 16.7. The van der Waals surface area contributed by atoms with Crippen molar-refractivity contribution in [2.24, 2.45) is 0 Å². The van der Waals surface area contributed by atoms with Crippen molar-refractivity contribution in [3.05, 3.63) is 95.2 Å². The third-order valence-corrected chi connectivity index (χ3v) is 6.16. The minimum absolute atomic E-state index is 0.0822. The van der Waals surface area contributed by atoms with Gasteiger partial charge in [0.1, 0.15) is 12.4 Å². The van der Waals surface area contributed by atoms with E-state index in [1.807, 2.05) is 36.4 Å². The second-order valence-electron chi connectivity index (χ2n) is 8.81. The Morgan fingerprint density at radius 1 is 1.17 bits per heavy atom. The van der Waals surface area contributed by atoms with E-state index in [-0.39, 0.29) is 24.2 Å². The Balaban J connectivity index is 1.62. The number of pyridine rings is 1. The third kappa shape index (κ3) is 5.74. The Labute approximate surface area is 203 Å². The Morgan fingerprint density at radius 3 is 2.66 bits per heavy atom. The number of allylic oxidation sites excluding steroid dienone is 1. The molecule has 1 N–H and O–H groups in total. The molecule has 35 heavy (non-hydrogen) atoms. The largest absolute Gasteiger partial charge is 0.489 e. The summed E-state index contributed by atoms with van der Waals surface area (Å²) in [6.45, 7) is 6.84. The molecule has 0 bridgehead atoms. The van der Waals surface area contributed by atoms with Crippen molar-refractivity contribution in [2.45, 2.75) is 38.8 Å². The van der Waals surface area contributed by atoms with Crippen LogP contribution in [0.4, 0.5) is 8.78 Å². The van der Waals surface area contributed by atoms with Gasteiger partial charge in [0.15, 0.2) is 0 Å². The predicted molar refractivity (Wildman–Crippen MR) is 130 cm³/mol. The van der Waals surface area contributed by atoms with Crippen molar-refractivity contribution in [1.82, 2.24) is 9.88 Å². The molecule has 0 radical (unpaired) electrons. The summed E-state index contributed by atoms with van der Waals surface area (Å²) >= 11 is 0. The molecule has 0 unspecified atom stereocenters. The molecule has 1 aliphatic heterocycles. The summed E-state index contributed by atoms with van der Waals surface area (Å²) in [6, 6.07) is 17.9. The highest BCUT2D eigenvalue weighted by Crippen LogP contribution is 2.42. The normalized spacial score (nSPS) is 13.8. The van der Waals surface area contributed by atoms with Gasteiger partial charge in [-0.05, 0) is 47.9 Å². The number of alkyl halides is 2. The molecule has 1 aliphatic rings. The lowest BCUT2D eigenvalue weighted by atomic mass is 9.94. The molecule has 0 fully saturated rings. The van der Waals surface area contributed by atoms with Crippen LogP contribution in [0.1, 0.15) is 35.7 Å². The fraction of sp³-hybridized carbons (Fsp3) is 0.286. The standard InChI is InChI=1S/C28H28F2N2O3/c1-19(2)28(29,30)24-16-22(35-18-20-6-4-3-5-7-20)9-10-23(24)26-11-8-21-17-32(15-13-27(33)34)14-12-25(21)31-26/h3-11,16H,1,12-15,17-18H2,2H3,(H,33,34). The number of fused-ring (bicyclic) bond motifs is 1. The van der Waals surface area contributed by atoms with Crippen LogP contribution in [0, 0.1) is 0 Å². The molecule has 0 amide bonds. The van der Waals surface area contributed by atoms with E-state index in [0.29, 0.717) is 43.1 Å². The van der Waals surface area contributed by atoms with E-state index in [0.717, 1.165) is 16.8 Å². The number of carbonyl (C=O) groups is 1. The molecular weight excluding hydrogens is 450 g/mol. The molecule has 2 heterocycles. The van der Waals surface area contributed by atoms with Gasteiger partial charge in [0, 0.05) is 42.9 Å². The highest BCUT2D eigenvalue weighted by Gasteiger charge is 2.36. The fourth-order valence-electron chi connectivity index (χ4n) is 4.14. The van der Waals surface area contributed by atoms with Gasteiger partial charge in [-0.3, -0.25) is 14.7 Å². The number of halogens is 2. The summed E-state index contributed by atoms with van der Waals surface area (Å²) in [7, 11) is 0. The minimum atomic E-state index is -3.26. The highest BCUT2D eigenvalue weighted by atomic mass is 19.3. The van der Waals surface area contributed by atoms with Crippen LogP contribution in [-0.2, 0) is 30.3 Å². The maximum absolute atomic E-state index is 15.3. The lowest BCUT2D eigenvalue weighted by molar-refractivity contribution is -0.137. The van der Waals surface area contributed by atoms with Gasteiger partial charge < -0.3 is 9.84 Å². The van der Waals surface area contributed by atoms with E-state index in [1.54, 1.807) is 18.2 Å². The number of nitrogens with zero attached hydrogens (tertiary/aromatic N) is 2. The SMILES string of the molecule is C=C(C)C(F)(F)c1cc(OCc2ccccc2)ccc1-c1ccc2c(n1)CCN(CCC(=O)O)C2. The number of ether oxygens (including phenoxy) is 1. The van der Waals surface area contributed by atoms with Gasteiger partial charge in [-0.2, -0.15) is 8.78 Å². The first kappa shape index (κ1) is 24.5. The molecule has 5 nitrogen and oxygen atoms in total. The van der Waals surface area contributed by atoms with Gasteiger partial charge >= 0.3 is 5.97 Å². The molecule has 2 aromatic carbocycles. The Bertz CT molecular complexity index is 1230. The molecule has 0 saturated heterocycles. The summed E-state index contributed by atoms with van der Waals surface area (Å²) in [5.41, 5.74) is 3.13. The van der Waals surface area contributed by atoms with Gasteiger partial charge in [0.25, 0.3) is 5.92 Å². The smallest absolute Gasteiger partial charge is 0.304 e. The van der Waals surface area contributed by atoms with Crippen LogP contribution in [0.3, 0.4) is 0 Å². The van der Waals surface area contributed by atoms with Gasteiger partial charge in [-0.25, -0.2) is 0 Å². The van der Waals surface area contributed by atoms with Gasteiger partial charge in [0.05, 0.1) is 12.1 Å². The molecule has 7 heteroatoms. The molecule has 0 saturated carbocycles. The van der Waals surface area contributed by atoms with E-state index < -0.39 is 11.9 Å². The topological polar surface area (TPSA) is 62.7 Å². The van der Waals surface area contributed by atoms with Crippen molar-refractivity contribution in [2.75, 3.05) is 13.1 Å². The first-order valence-electron chi connectivity index (χ1n) is 11.5. The maximum Gasteiger partial charge on any atom is 0.304 e. The predicted octanol–water partition coefficient (Wildman–Crippen LogP) is 5.83. The Hall–Kier alpha value is -3.58. The number of carboxylic acid groups (broad SMARTS) is 1. The summed E-state index contributed by atoms with van der Waals surface area (Å²) in [4.78, 5) is 17.7. The van der Waals surface area contributed by atoms with Crippen molar-refractivity contribution >= 4 is 5.97 Å². The van der Waals surface area contributed by atoms with E-state index in [2.05, 4.69) is 11.5 Å². The quantitative estimate of drug-likeness (QED) is 0.392. The highest BCUT2D eigenvalue weighted by molar-refractivity contribution is 5.68. The van der Waals surface area contributed by atoms with Crippen molar-refractivity contribution in [3.63, 3.8) is 0 Å². The average molecular weight is 479 g/mol. The lowest BCUT2D eigenvalue weighted by Gasteiger charge is -2.28. The van der Waals surface area contributed by atoms with Crippen LogP contribution in [0.15, 0.2) is 72.8 Å². The Kier molecular flexibility index (Phi) is 7.26. The van der Waals surface area contributed by atoms with Crippen molar-refractivity contribution < 1.29 is 23.4 Å². The maximum atomic E-state index is 15.3. The molecule has 3 aromatic rings. The summed E-state index contributed by atoms with van der Waals surface area (Å²) < 4.78 is 36.4.